The van der Waals surface area contributed by atoms with E-state index in [9.17, 15) is 4.79 Å². The number of carbonyl (C=O) groups excluding carboxylic acids is 1. The molecule has 0 saturated carbocycles. The van der Waals surface area contributed by atoms with Crippen molar-refractivity contribution in [3.8, 4) is 0 Å². The van der Waals surface area contributed by atoms with Crippen LogP contribution in [0.25, 0.3) is 0 Å². The molecule has 1 atom stereocenters. The lowest BCUT2D eigenvalue weighted by atomic mass is 9.74. The van der Waals surface area contributed by atoms with E-state index in [4.69, 9.17) is 16.3 Å². The first-order chi connectivity index (χ1) is 11.2. The Bertz CT molecular complexity index is 542. The van der Waals surface area contributed by atoms with Gasteiger partial charge < -0.3 is 15.4 Å². The molecule has 1 aromatic carbocycles. The summed E-state index contributed by atoms with van der Waals surface area (Å²) in [5, 5.41) is 7.28. The molecule has 2 heterocycles. The average Bonchev–Trinajstić information content (AvgIpc) is 2.61. The minimum Gasteiger partial charge on any atom is -0.381 e. The van der Waals surface area contributed by atoms with Gasteiger partial charge >= 0.3 is 0 Å². The second-order valence-electron chi connectivity index (χ2n) is 6.63. The van der Waals surface area contributed by atoms with Crippen LogP contribution in [0, 0.1) is 5.92 Å². The molecule has 2 aliphatic rings. The number of hydrogen-bond donors (Lipinski definition) is 2. The Balaban J connectivity index is 0.00000208. The quantitative estimate of drug-likeness (QED) is 0.853. The summed E-state index contributed by atoms with van der Waals surface area (Å²) in [6, 6.07) is 7.99. The highest BCUT2D eigenvalue weighted by Gasteiger charge is 2.37. The van der Waals surface area contributed by atoms with E-state index in [1.807, 2.05) is 18.2 Å². The van der Waals surface area contributed by atoms with Crippen molar-refractivity contribution in [2.45, 2.75) is 31.1 Å². The SMILES string of the molecule is Cl.O=C(NCC1(c2ccccc2Cl)CCOCC1)C1CCCNC1. The molecule has 1 unspecified atom stereocenters. The van der Waals surface area contributed by atoms with Gasteiger partial charge in [-0.05, 0) is 43.9 Å². The Labute approximate surface area is 155 Å². The van der Waals surface area contributed by atoms with Crippen LogP contribution < -0.4 is 10.6 Å². The molecule has 4 nitrogen and oxygen atoms in total. The lowest BCUT2D eigenvalue weighted by molar-refractivity contribution is -0.126. The smallest absolute Gasteiger partial charge is 0.224 e. The minimum atomic E-state index is -0.117. The molecule has 2 fully saturated rings. The number of benzene rings is 1. The zero-order valence-corrected chi connectivity index (χ0v) is 15.4. The summed E-state index contributed by atoms with van der Waals surface area (Å²) in [6.07, 6.45) is 3.82. The monoisotopic (exact) mass is 372 g/mol. The van der Waals surface area contributed by atoms with Crippen LogP contribution in [-0.4, -0.2) is 38.8 Å². The van der Waals surface area contributed by atoms with Crippen molar-refractivity contribution in [3.05, 3.63) is 34.9 Å². The van der Waals surface area contributed by atoms with Crippen molar-refractivity contribution >= 4 is 29.9 Å². The number of halogens is 2. The standard InChI is InChI=1S/C18H25ClN2O2.ClH/c19-16-6-2-1-5-15(16)18(7-10-23-11-8-18)13-21-17(22)14-4-3-9-20-12-14;/h1-2,5-6,14,20H,3-4,7-13H2,(H,21,22);1H. The van der Waals surface area contributed by atoms with Crippen LogP contribution in [0.15, 0.2) is 24.3 Å². The second kappa shape index (κ2) is 9.04. The minimum absolute atomic E-state index is 0. The van der Waals surface area contributed by atoms with Crippen LogP contribution >= 0.6 is 24.0 Å². The Hall–Kier alpha value is -0.810. The molecule has 0 spiro atoms. The number of nitrogens with one attached hydrogen (secondary N) is 2. The second-order valence-corrected chi connectivity index (χ2v) is 7.04. The Morgan fingerprint density at radius 3 is 2.75 bits per heavy atom. The molecule has 134 valence electrons. The van der Waals surface area contributed by atoms with Crippen molar-refractivity contribution in [3.63, 3.8) is 0 Å². The molecule has 2 saturated heterocycles. The summed E-state index contributed by atoms with van der Waals surface area (Å²) in [7, 11) is 0. The lowest BCUT2D eigenvalue weighted by Gasteiger charge is -2.39. The van der Waals surface area contributed by atoms with Gasteiger partial charge in [-0.1, -0.05) is 29.8 Å². The fraction of sp³-hybridized carbons (Fsp3) is 0.611. The van der Waals surface area contributed by atoms with Gasteiger partial charge in [0.05, 0.1) is 5.92 Å². The van der Waals surface area contributed by atoms with Gasteiger partial charge in [0.1, 0.15) is 0 Å². The van der Waals surface area contributed by atoms with Gasteiger partial charge in [0.2, 0.25) is 5.91 Å². The summed E-state index contributed by atoms with van der Waals surface area (Å²) in [6.45, 7) is 3.87. The summed E-state index contributed by atoms with van der Waals surface area (Å²) in [5.74, 6) is 0.252. The van der Waals surface area contributed by atoms with Crippen LogP contribution in [0.4, 0.5) is 0 Å². The van der Waals surface area contributed by atoms with Crippen molar-refractivity contribution in [2.75, 3.05) is 32.8 Å². The van der Waals surface area contributed by atoms with Crippen molar-refractivity contribution in [2.24, 2.45) is 5.92 Å². The van der Waals surface area contributed by atoms with E-state index >= 15 is 0 Å². The average molecular weight is 373 g/mol. The molecule has 0 radical (unpaired) electrons. The highest BCUT2D eigenvalue weighted by atomic mass is 35.5. The van der Waals surface area contributed by atoms with Gasteiger partial charge in [-0.2, -0.15) is 0 Å². The van der Waals surface area contributed by atoms with Crippen LogP contribution in [0.2, 0.25) is 5.02 Å². The third-order valence-corrected chi connectivity index (χ3v) is 5.49. The first kappa shape index (κ1) is 19.5. The molecule has 0 bridgehead atoms. The van der Waals surface area contributed by atoms with Crippen LogP contribution in [0.5, 0.6) is 0 Å². The van der Waals surface area contributed by atoms with E-state index in [2.05, 4.69) is 16.7 Å². The zero-order chi connectivity index (χ0) is 16.1. The molecule has 0 aliphatic carbocycles. The normalized spacial score (nSPS) is 23.1. The summed E-state index contributed by atoms with van der Waals surface area (Å²) in [5.41, 5.74) is 1.01. The third kappa shape index (κ3) is 4.42. The third-order valence-electron chi connectivity index (χ3n) is 5.16. The number of rotatable bonds is 4. The first-order valence-corrected chi connectivity index (χ1v) is 8.90. The van der Waals surface area contributed by atoms with Gasteiger partial charge in [-0.3, -0.25) is 4.79 Å². The largest absolute Gasteiger partial charge is 0.381 e. The van der Waals surface area contributed by atoms with E-state index in [0.717, 1.165) is 49.4 Å². The topological polar surface area (TPSA) is 50.4 Å². The predicted molar refractivity (Wildman–Crippen MR) is 99.0 cm³/mol. The summed E-state index contributed by atoms with van der Waals surface area (Å²) >= 11 is 6.45. The van der Waals surface area contributed by atoms with Crippen LogP contribution in [-0.2, 0) is 14.9 Å². The van der Waals surface area contributed by atoms with Crippen molar-refractivity contribution in [1.82, 2.24) is 10.6 Å². The fourth-order valence-corrected chi connectivity index (χ4v) is 4.01. The molecule has 1 amide bonds. The molecular weight excluding hydrogens is 347 g/mol. The van der Waals surface area contributed by atoms with E-state index in [0.29, 0.717) is 19.8 Å². The van der Waals surface area contributed by atoms with E-state index < -0.39 is 0 Å². The summed E-state index contributed by atoms with van der Waals surface area (Å²) < 4.78 is 5.54. The number of hydrogen-bond acceptors (Lipinski definition) is 3. The van der Waals surface area contributed by atoms with Crippen LogP contribution in [0.3, 0.4) is 0 Å². The van der Waals surface area contributed by atoms with Gasteiger partial charge in [-0.15, -0.1) is 12.4 Å². The number of amides is 1. The number of carbonyl (C=O) groups is 1. The Morgan fingerprint density at radius 2 is 2.08 bits per heavy atom. The van der Waals surface area contributed by atoms with E-state index in [-0.39, 0.29) is 29.6 Å². The molecule has 1 aromatic rings. The van der Waals surface area contributed by atoms with Crippen molar-refractivity contribution < 1.29 is 9.53 Å². The molecule has 3 rings (SSSR count). The first-order valence-electron chi connectivity index (χ1n) is 8.52. The zero-order valence-electron chi connectivity index (χ0n) is 13.9. The summed E-state index contributed by atoms with van der Waals surface area (Å²) in [4.78, 5) is 12.5. The lowest BCUT2D eigenvalue weighted by Crippen LogP contribution is -2.48. The molecule has 6 heteroatoms. The number of piperidine rings is 1. The van der Waals surface area contributed by atoms with Gasteiger partial charge in [0.15, 0.2) is 0 Å². The Morgan fingerprint density at radius 1 is 1.33 bits per heavy atom. The number of ether oxygens (including phenoxy) is 1. The molecular formula is C18H26Cl2N2O2. The van der Waals surface area contributed by atoms with Gasteiger partial charge in [-0.25, -0.2) is 0 Å². The maximum Gasteiger partial charge on any atom is 0.224 e. The fourth-order valence-electron chi connectivity index (χ4n) is 3.67. The van der Waals surface area contributed by atoms with Crippen molar-refractivity contribution in [1.29, 1.82) is 0 Å². The van der Waals surface area contributed by atoms with Gasteiger partial charge in [0, 0.05) is 36.7 Å². The molecule has 2 aliphatic heterocycles. The van der Waals surface area contributed by atoms with E-state index in [1.165, 1.54) is 0 Å². The molecule has 2 N–H and O–H groups in total. The van der Waals surface area contributed by atoms with Gasteiger partial charge in [0.25, 0.3) is 0 Å². The predicted octanol–water partition coefficient (Wildman–Crippen LogP) is 2.93. The van der Waals surface area contributed by atoms with Crippen LogP contribution in [0.1, 0.15) is 31.2 Å². The highest BCUT2D eigenvalue weighted by Crippen LogP contribution is 2.38. The molecule has 24 heavy (non-hydrogen) atoms. The Kier molecular flexibility index (Phi) is 7.35. The molecule has 0 aromatic heterocycles. The maximum atomic E-state index is 12.5. The maximum absolute atomic E-state index is 12.5. The highest BCUT2D eigenvalue weighted by molar-refractivity contribution is 6.31. The van der Waals surface area contributed by atoms with E-state index in [1.54, 1.807) is 0 Å².